The lowest BCUT2D eigenvalue weighted by Gasteiger charge is -2.34. The number of amides is 1. The molecular weight excluding hydrogens is 388 g/mol. The van der Waals surface area contributed by atoms with Gasteiger partial charge in [0.15, 0.2) is 0 Å². The van der Waals surface area contributed by atoms with Gasteiger partial charge >= 0.3 is 0 Å². The molecule has 0 N–H and O–H groups in total. The molecule has 0 unspecified atom stereocenters. The Balaban J connectivity index is 1.33. The SMILES string of the molecule is CN1CCN(c2cccc(C(=O)N3CCC(Oc4ccc(Cl)cc4)CC3)n2)CC1. The van der Waals surface area contributed by atoms with E-state index in [0.29, 0.717) is 23.8 Å². The van der Waals surface area contributed by atoms with Gasteiger partial charge in [0, 0.05) is 57.1 Å². The van der Waals surface area contributed by atoms with E-state index in [-0.39, 0.29) is 12.0 Å². The Bertz CT molecular complexity index is 829. The van der Waals surface area contributed by atoms with Crippen LogP contribution in [0.1, 0.15) is 23.3 Å². The number of hydrogen-bond donors (Lipinski definition) is 0. The molecule has 2 fully saturated rings. The van der Waals surface area contributed by atoms with E-state index in [1.165, 1.54) is 0 Å². The van der Waals surface area contributed by atoms with E-state index in [4.69, 9.17) is 16.3 Å². The average Bonchev–Trinajstić information content (AvgIpc) is 2.76. The first kappa shape index (κ1) is 20.0. The van der Waals surface area contributed by atoms with Crippen LogP contribution in [0.2, 0.25) is 5.02 Å². The van der Waals surface area contributed by atoms with Gasteiger partial charge in [0.1, 0.15) is 23.4 Å². The summed E-state index contributed by atoms with van der Waals surface area (Å²) in [6.07, 6.45) is 1.74. The molecule has 1 amide bonds. The molecule has 1 aromatic carbocycles. The van der Waals surface area contributed by atoms with Gasteiger partial charge in [-0.05, 0) is 43.4 Å². The van der Waals surface area contributed by atoms with Crippen LogP contribution < -0.4 is 9.64 Å². The van der Waals surface area contributed by atoms with E-state index in [1.807, 2.05) is 47.4 Å². The summed E-state index contributed by atoms with van der Waals surface area (Å²) in [5, 5.41) is 0.698. The minimum absolute atomic E-state index is 0.00548. The highest BCUT2D eigenvalue weighted by atomic mass is 35.5. The molecule has 2 saturated heterocycles. The number of aromatic nitrogens is 1. The number of rotatable bonds is 4. The lowest BCUT2D eigenvalue weighted by atomic mass is 10.1. The van der Waals surface area contributed by atoms with Crippen LogP contribution in [0.5, 0.6) is 5.75 Å². The third-order valence-electron chi connectivity index (χ3n) is 5.63. The highest BCUT2D eigenvalue weighted by Crippen LogP contribution is 2.22. The number of ether oxygens (including phenoxy) is 1. The summed E-state index contributed by atoms with van der Waals surface area (Å²) in [5.41, 5.74) is 0.526. The first-order valence-corrected chi connectivity index (χ1v) is 10.6. The maximum Gasteiger partial charge on any atom is 0.272 e. The van der Waals surface area contributed by atoms with E-state index >= 15 is 0 Å². The fourth-order valence-electron chi connectivity index (χ4n) is 3.80. The Morgan fingerprint density at radius 2 is 1.69 bits per heavy atom. The number of piperazine rings is 1. The smallest absolute Gasteiger partial charge is 0.272 e. The van der Waals surface area contributed by atoms with E-state index < -0.39 is 0 Å². The monoisotopic (exact) mass is 414 g/mol. The molecule has 29 heavy (non-hydrogen) atoms. The Hall–Kier alpha value is -2.31. The van der Waals surface area contributed by atoms with Crippen LogP contribution in [0, 0.1) is 0 Å². The van der Waals surface area contributed by atoms with Crippen molar-refractivity contribution in [2.45, 2.75) is 18.9 Å². The summed E-state index contributed by atoms with van der Waals surface area (Å²) in [4.78, 5) is 24.1. The normalized spacial score (nSPS) is 18.7. The summed E-state index contributed by atoms with van der Waals surface area (Å²) in [6.45, 7) is 5.26. The Kier molecular flexibility index (Phi) is 6.21. The number of likely N-dealkylation sites (N-methyl/N-ethyl adjacent to an activating group) is 1. The molecule has 2 aliphatic heterocycles. The fraction of sp³-hybridized carbons (Fsp3) is 0.455. The van der Waals surface area contributed by atoms with Gasteiger partial charge in [-0.1, -0.05) is 17.7 Å². The molecule has 2 aromatic rings. The fourth-order valence-corrected chi connectivity index (χ4v) is 3.92. The zero-order valence-electron chi connectivity index (χ0n) is 16.8. The summed E-state index contributed by atoms with van der Waals surface area (Å²) in [6, 6.07) is 13.2. The highest BCUT2D eigenvalue weighted by Gasteiger charge is 2.26. The molecule has 154 valence electrons. The number of likely N-dealkylation sites (tertiary alicyclic amines) is 1. The predicted molar refractivity (Wildman–Crippen MR) is 115 cm³/mol. The summed E-state index contributed by atoms with van der Waals surface area (Å²) < 4.78 is 6.03. The summed E-state index contributed by atoms with van der Waals surface area (Å²) in [7, 11) is 2.13. The van der Waals surface area contributed by atoms with Gasteiger partial charge in [0.2, 0.25) is 0 Å². The molecule has 1 aromatic heterocycles. The Morgan fingerprint density at radius 3 is 2.38 bits per heavy atom. The van der Waals surface area contributed by atoms with Gasteiger partial charge in [-0.15, -0.1) is 0 Å². The molecule has 0 saturated carbocycles. The lowest BCUT2D eigenvalue weighted by molar-refractivity contribution is 0.0590. The number of pyridine rings is 1. The number of carbonyl (C=O) groups excluding carboxylic acids is 1. The highest BCUT2D eigenvalue weighted by molar-refractivity contribution is 6.30. The first-order chi connectivity index (χ1) is 14.1. The van der Waals surface area contributed by atoms with Crippen molar-refractivity contribution in [3.8, 4) is 5.75 Å². The van der Waals surface area contributed by atoms with Crippen LogP contribution >= 0.6 is 11.6 Å². The molecule has 0 atom stereocenters. The lowest BCUT2D eigenvalue weighted by Crippen LogP contribution is -2.45. The van der Waals surface area contributed by atoms with Gasteiger partial charge in [0.05, 0.1) is 0 Å². The molecule has 0 radical (unpaired) electrons. The number of nitrogens with zero attached hydrogens (tertiary/aromatic N) is 4. The van der Waals surface area contributed by atoms with E-state index in [2.05, 4.69) is 21.8 Å². The van der Waals surface area contributed by atoms with E-state index in [0.717, 1.165) is 50.6 Å². The van der Waals surface area contributed by atoms with Crippen LogP contribution in [0.3, 0.4) is 0 Å². The van der Waals surface area contributed by atoms with Gasteiger partial charge < -0.3 is 19.4 Å². The van der Waals surface area contributed by atoms with Crippen LogP contribution in [0.4, 0.5) is 5.82 Å². The van der Waals surface area contributed by atoms with Crippen molar-refractivity contribution in [1.82, 2.24) is 14.8 Å². The third kappa shape index (κ3) is 5.00. The first-order valence-electron chi connectivity index (χ1n) is 10.2. The number of carbonyl (C=O) groups is 1. The summed E-state index contributed by atoms with van der Waals surface area (Å²) in [5.74, 6) is 1.72. The van der Waals surface area contributed by atoms with Crippen LogP contribution in [0.25, 0.3) is 0 Å². The topological polar surface area (TPSA) is 48.9 Å². The maximum absolute atomic E-state index is 13.0. The number of halogens is 1. The number of benzene rings is 1. The van der Waals surface area contributed by atoms with Gasteiger partial charge in [-0.2, -0.15) is 0 Å². The minimum atomic E-state index is 0.00548. The van der Waals surface area contributed by atoms with Crippen molar-refractivity contribution in [2.24, 2.45) is 0 Å². The molecule has 6 nitrogen and oxygen atoms in total. The third-order valence-corrected chi connectivity index (χ3v) is 5.88. The average molecular weight is 415 g/mol. The molecule has 0 spiro atoms. The van der Waals surface area contributed by atoms with Crippen molar-refractivity contribution in [3.63, 3.8) is 0 Å². The molecule has 3 heterocycles. The Labute approximate surface area is 177 Å². The van der Waals surface area contributed by atoms with Crippen LogP contribution in [0.15, 0.2) is 42.5 Å². The zero-order valence-corrected chi connectivity index (χ0v) is 17.5. The maximum atomic E-state index is 13.0. The molecule has 0 aliphatic carbocycles. The molecular formula is C22H27ClN4O2. The standard InChI is InChI=1S/C22H27ClN4O2/c1-25-13-15-26(16-14-25)21-4-2-3-20(24-21)22(28)27-11-9-19(10-12-27)29-18-7-5-17(23)6-8-18/h2-8,19H,9-16H2,1H3. The second-order valence-corrected chi connectivity index (χ2v) is 8.17. The van der Waals surface area contributed by atoms with Gasteiger partial charge in [-0.25, -0.2) is 4.98 Å². The van der Waals surface area contributed by atoms with Crippen molar-refractivity contribution in [3.05, 3.63) is 53.2 Å². The van der Waals surface area contributed by atoms with Crippen LogP contribution in [-0.2, 0) is 0 Å². The number of hydrogen-bond acceptors (Lipinski definition) is 5. The minimum Gasteiger partial charge on any atom is -0.490 e. The van der Waals surface area contributed by atoms with Crippen LogP contribution in [-0.4, -0.2) is 73.1 Å². The molecule has 0 bridgehead atoms. The number of piperidine rings is 1. The molecule has 2 aliphatic rings. The molecule has 4 rings (SSSR count). The zero-order chi connectivity index (χ0) is 20.2. The van der Waals surface area contributed by atoms with Crippen molar-refractivity contribution >= 4 is 23.3 Å². The Morgan fingerprint density at radius 1 is 1.00 bits per heavy atom. The second kappa shape index (κ2) is 9.01. The summed E-state index contributed by atoms with van der Waals surface area (Å²) >= 11 is 5.92. The van der Waals surface area contributed by atoms with Crippen molar-refractivity contribution < 1.29 is 9.53 Å². The van der Waals surface area contributed by atoms with E-state index in [9.17, 15) is 4.79 Å². The van der Waals surface area contributed by atoms with Gasteiger partial charge in [-0.3, -0.25) is 4.79 Å². The quantitative estimate of drug-likeness (QED) is 0.769. The predicted octanol–water partition coefficient (Wildman–Crippen LogP) is 3.17. The van der Waals surface area contributed by atoms with Crippen molar-refractivity contribution in [2.75, 3.05) is 51.2 Å². The van der Waals surface area contributed by atoms with Crippen molar-refractivity contribution in [1.29, 1.82) is 0 Å². The van der Waals surface area contributed by atoms with E-state index in [1.54, 1.807) is 0 Å². The second-order valence-electron chi connectivity index (χ2n) is 7.73. The number of anilines is 1. The largest absolute Gasteiger partial charge is 0.490 e. The van der Waals surface area contributed by atoms with Gasteiger partial charge in [0.25, 0.3) is 5.91 Å². The molecule has 7 heteroatoms.